The summed E-state index contributed by atoms with van der Waals surface area (Å²) in [6.07, 6.45) is 0.988. The van der Waals surface area contributed by atoms with Crippen molar-refractivity contribution in [3.05, 3.63) is 57.6 Å². The molecule has 0 radical (unpaired) electrons. The highest BCUT2D eigenvalue weighted by atomic mass is 79.9. The highest BCUT2D eigenvalue weighted by molar-refractivity contribution is 9.10. The van der Waals surface area contributed by atoms with Gasteiger partial charge in [-0.3, -0.25) is 0 Å². The first-order valence-corrected chi connectivity index (χ1v) is 8.14. The van der Waals surface area contributed by atoms with Crippen molar-refractivity contribution in [3.8, 4) is 11.5 Å². The number of halogens is 1. The molecule has 1 aliphatic rings. The van der Waals surface area contributed by atoms with Gasteiger partial charge in [-0.15, -0.1) is 0 Å². The molecular weight excluding hydrogens is 342 g/mol. The number of benzene rings is 2. The van der Waals surface area contributed by atoms with Crippen LogP contribution in [0.15, 0.2) is 40.9 Å². The monoisotopic (exact) mass is 361 g/mol. The molecule has 4 heteroatoms. The van der Waals surface area contributed by atoms with Gasteiger partial charge in [0.25, 0.3) is 0 Å². The van der Waals surface area contributed by atoms with Crippen molar-refractivity contribution < 1.29 is 9.47 Å². The summed E-state index contributed by atoms with van der Waals surface area (Å²) in [6, 6.07) is 12.7. The van der Waals surface area contributed by atoms with Crippen LogP contribution in [0.25, 0.3) is 0 Å². The number of hydrogen-bond acceptors (Lipinski definition) is 3. The minimum absolute atomic E-state index is 0.228. The fourth-order valence-electron chi connectivity index (χ4n) is 3.18. The standard InChI is InChI=1S/C18H20BrNO2/c1-18(13-4-6-14(19)7-5-13)15-11-17(22-3)16(21-2)10-12(15)8-9-20-18/h4-7,10-11,20H,8-9H2,1-3H3. The molecule has 3 nitrogen and oxygen atoms in total. The Kier molecular flexibility index (Phi) is 4.15. The molecule has 1 N–H and O–H groups in total. The van der Waals surface area contributed by atoms with E-state index in [1.807, 2.05) is 0 Å². The van der Waals surface area contributed by atoms with Gasteiger partial charge >= 0.3 is 0 Å². The first-order chi connectivity index (χ1) is 10.6. The van der Waals surface area contributed by atoms with Crippen molar-refractivity contribution in [1.82, 2.24) is 5.32 Å². The van der Waals surface area contributed by atoms with Gasteiger partial charge in [0.15, 0.2) is 11.5 Å². The Labute approximate surface area is 139 Å². The van der Waals surface area contributed by atoms with Gasteiger partial charge in [0.2, 0.25) is 0 Å². The molecule has 22 heavy (non-hydrogen) atoms. The topological polar surface area (TPSA) is 30.5 Å². The van der Waals surface area contributed by atoms with Crippen molar-refractivity contribution in [2.75, 3.05) is 20.8 Å². The SMILES string of the molecule is COc1cc2c(cc1OC)C(C)(c1ccc(Br)cc1)NCC2. The van der Waals surface area contributed by atoms with Crippen molar-refractivity contribution in [3.63, 3.8) is 0 Å². The van der Waals surface area contributed by atoms with Crippen LogP contribution in [0.4, 0.5) is 0 Å². The van der Waals surface area contributed by atoms with E-state index in [-0.39, 0.29) is 5.54 Å². The summed E-state index contributed by atoms with van der Waals surface area (Å²) in [7, 11) is 3.36. The second kappa shape index (κ2) is 5.94. The van der Waals surface area contributed by atoms with Crippen LogP contribution >= 0.6 is 15.9 Å². The largest absolute Gasteiger partial charge is 0.493 e. The average Bonchev–Trinajstić information content (AvgIpc) is 2.54. The third-order valence-corrected chi connectivity index (χ3v) is 4.97. The normalized spacial score (nSPS) is 20.4. The third-order valence-electron chi connectivity index (χ3n) is 4.44. The third kappa shape index (κ3) is 2.50. The summed E-state index contributed by atoms with van der Waals surface area (Å²) in [5.74, 6) is 1.56. The summed E-state index contributed by atoms with van der Waals surface area (Å²) < 4.78 is 12.0. The number of nitrogens with one attached hydrogen (secondary N) is 1. The molecule has 0 aromatic heterocycles. The molecule has 0 saturated heterocycles. The molecule has 1 aliphatic heterocycles. The zero-order valence-electron chi connectivity index (χ0n) is 13.1. The second-order valence-electron chi connectivity index (χ2n) is 5.67. The minimum Gasteiger partial charge on any atom is -0.493 e. The molecule has 1 heterocycles. The number of ether oxygens (including phenoxy) is 2. The lowest BCUT2D eigenvalue weighted by molar-refractivity contribution is 0.348. The molecule has 116 valence electrons. The Morgan fingerprint density at radius 3 is 2.32 bits per heavy atom. The molecule has 2 aromatic carbocycles. The van der Waals surface area contributed by atoms with E-state index in [0.717, 1.165) is 28.9 Å². The van der Waals surface area contributed by atoms with Gasteiger partial charge in [-0.1, -0.05) is 28.1 Å². The van der Waals surface area contributed by atoms with Crippen LogP contribution in [0.3, 0.4) is 0 Å². The minimum atomic E-state index is -0.228. The fraction of sp³-hybridized carbons (Fsp3) is 0.333. The summed E-state index contributed by atoms with van der Waals surface area (Å²) in [5, 5.41) is 3.66. The predicted molar refractivity (Wildman–Crippen MR) is 91.8 cm³/mol. The lowest BCUT2D eigenvalue weighted by Gasteiger charge is -2.38. The highest BCUT2D eigenvalue weighted by Gasteiger charge is 2.34. The van der Waals surface area contributed by atoms with Crippen LogP contribution in [-0.4, -0.2) is 20.8 Å². The van der Waals surface area contributed by atoms with E-state index >= 15 is 0 Å². The Morgan fingerprint density at radius 1 is 1.05 bits per heavy atom. The van der Waals surface area contributed by atoms with Gasteiger partial charge in [0.05, 0.1) is 19.8 Å². The molecular formula is C18H20BrNO2. The summed E-state index contributed by atoms with van der Waals surface area (Å²) in [6.45, 7) is 3.16. The Morgan fingerprint density at radius 2 is 1.68 bits per heavy atom. The molecule has 2 aromatic rings. The van der Waals surface area contributed by atoms with Gasteiger partial charge in [-0.05, 0) is 54.3 Å². The number of fused-ring (bicyclic) bond motifs is 1. The van der Waals surface area contributed by atoms with Crippen molar-refractivity contribution >= 4 is 15.9 Å². The van der Waals surface area contributed by atoms with Crippen LogP contribution in [0.2, 0.25) is 0 Å². The lowest BCUT2D eigenvalue weighted by Crippen LogP contribution is -2.45. The van der Waals surface area contributed by atoms with E-state index in [4.69, 9.17) is 9.47 Å². The Hall–Kier alpha value is -1.52. The highest BCUT2D eigenvalue weighted by Crippen LogP contribution is 2.40. The Bertz CT molecular complexity index is 684. The molecule has 1 unspecified atom stereocenters. The van der Waals surface area contributed by atoms with E-state index < -0.39 is 0 Å². The Balaban J connectivity index is 2.15. The number of methoxy groups -OCH3 is 2. The molecule has 0 bridgehead atoms. The van der Waals surface area contributed by atoms with Crippen LogP contribution in [-0.2, 0) is 12.0 Å². The van der Waals surface area contributed by atoms with Gasteiger partial charge in [-0.25, -0.2) is 0 Å². The maximum atomic E-state index is 5.49. The summed E-state index contributed by atoms with van der Waals surface area (Å²) in [4.78, 5) is 0. The van der Waals surface area contributed by atoms with Crippen LogP contribution in [0.1, 0.15) is 23.6 Å². The van der Waals surface area contributed by atoms with E-state index in [9.17, 15) is 0 Å². The first kappa shape index (κ1) is 15.4. The number of hydrogen-bond donors (Lipinski definition) is 1. The van der Waals surface area contributed by atoms with Crippen molar-refractivity contribution in [2.45, 2.75) is 18.9 Å². The molecule has 0 saturated carbocycles. The molecule has 0 aliphatic carbocycles. The van der Waals surface area contributed by atoms with Gasteiger partial charge in [0.1, 0.15) is 0 Å². The van der Waals surface area contributed by atoms with Crippen LogP contribution in [0.5, 0.6) is 11.5 Å². The van der Waals surface area contributed by atoms with E-state index in [1.54, 1.807) is 14.2 Å². The van der Waals surface area contributed by atoms with Gasteiger partial charge in [-0.2, -0.15) is 0 Å². The molecule has 0 spiro atoms. The first-order valence-electron chi connectivity index (χ1n) is 7.35. The summed E-state index contributed by atoms with van der Waals surface area (Å²) >= 11 is 3.50. The zero-order chi connectivity index (χ0) is 15.7. The smallest absolute Gasteiger partial charge is 0.161 e. The van der Waals surface area contributed by atoms with Crippen LogP contribution < -0.4 is 14.8 Å². The molecule has 0 amide bonds. The van der Waals surface area contributed by atoms with Gasteiger partial charge in [0, 0.05) is 11.0 Å². The average molecular weight is 362 g/mol. The second-order valence-corrected chi connectivity index (χ2v) is 6.59. The quantitative estimate of drug-likeness (QED) is 0.899. The summed E-state index contributed by atoms with van der Waals surface area (Å²) in [5.41, 5.74) is 3.57. The molecule has 3 rings (SSSR count). The fourth-order valence-corrected chi connectivity index (χ4v) is 3.44. The van der Waals surface area contributed by atoms with Crippen LogP contribution in [0, 0.1) is 0 Å². The predicted octanol–water partition coefficient (Wildman–Crippen LogP) is 3.88. The maximum Gasteiger partial charge on any atom is 0.161 e. The zero-order valence-corrected chi connectivity index (χ0v) is 14.7. The van der Waals surface area contributed by atoms with Crippen molar-refractivity contribution in [1.29, 1.82) is 0 Å². The van der Waals surface area contributed by atoms with E-state index in [1.165, 1.54) is 16.7 Å². The number of rotatable bonds is 3. The lowest BCUT2D eigenvalue weighted by atomic mass is 9.78. The maximum absolute atomic E-state index is 5.49. The van der Waals surface area contributed by atoms with Gasteiger partial charge < -0.3 is 14.8 Å². The molecule has 1 atom stereocenters. The van der Waals surface area contributed by atoms with E-state index in [2.05, 4.69) is 64.6 Å². The molecule has 0 fully saturated rings. The van der Waals surface area contributed by atoms with E-state index in [0.29, 0.717) is 0 Å². The van der Waals surface area contributed by atoms with Crippen molar-refractivity contribution in [2.24, 2.45) is 0 Å².